The molecule has 7 heteroatoms. The lowest BCUT2D eigenvalue weighted by Crippen LogP contribution is -2.31. The Kier molecular flexibility index (Phi) is 3.40. The number of ether oxygens (including phenoxy) is 1. The molecule has 4 rings (SSSR count). The topological polar surface area (TPSA) is 92.0 Å². The number of phenols is 2. The summed E-state index contributed by atoms with van der Waals surface area (Å²) in [4.78, 5) is 26.4. The van der Waals surface area contributed by atoms with Gasteiger partial charge in [-0.15, -0.1) is 0 Å². The second kappa shape index (κ2) is 5.52. The smallest absolute Gasteiger partial charge is 0.262 e. The fraction of sp³-hybridized carbons (Fsp3) is 0.158. The van der Waals surface area contributed by atoms with Gasteiger partial charge in [-0.1, -0.05) is 0 Å². The number of pyridine rings is 1. The number of rotatable bonds is 2. The molecule has 7 nitrogen and oxygen atoms in total. The first kappa shape index (κ1) is 16.0. The lowest BCUT2D eigenvalue weighted by Gasteiger charge is -2.23. The quantitative estimate of drug-likeness (QED) is 0.577. The maximum atomic E-state index is 12.9. The Morgan fingerprint density at radius 3 is 2.54 bits per heavy atom. The molecule has 0 fully saturated rings. The molecule has 2 N–H and O–H groups in total. The molecule has 1 aromatic heterocycles. The fourth-order valence-corrected chi connectivity index (χ4v) is 3.11. The van der Waals surface area contributed by atoms with E-state index in [2.05, 4.69) is 0 Å². The average Bonchev–Trinajstić information content (AvgIpc) is 2.60. The van der Waals surface area contributed by atoms with Gasteiger partial charge in [-0.2, -0.15) is 0 Å². The van der Waals surface area contributed by atoms with Crippen LogP contribution in [0.25, 0.3) is 21.9 Å². The molecule has 26 heavy (non-hydrogen) atoms. The van der Waals surface area contributed by atoms with Crippen molar-refractivity contribution in [3.8, 4) is 34.1 Å². The van der Waals surface area contributed by atoms with Crippen molar-refractivity contribution in [1.29, 1.82) is 0 Å². The fourth-order valence-electron chi connectivity index (χ4n) is 3.11. The van der Waals surface area contributed by atoms with Crippen molar-refractivity contribution in [1.82, 2.24) is 9.47 Å². The maximum absolute atomic E-state index is 12.9. The molecule has 3 aromatic rings. The Bertz CT molecular complexity index is 1130. The molecular weight excluding hydrogens is 336 g/mol. The van der Waals surface area contributed by atoms with Crippen LogP contribution in [0.2, 0.25) is 0 Å². The van der Waals surface area contributed by atoms with Crippen LogP contribution in [-0.2, 0) is 11.3 Å². The molecule has 0 radical (unpaired) electrons. The highest BCUT2D eigenvalue weighted by molar-refractivity contribution is 6.06. The minimum absolute atomic E-state index is 0.0474. The largest absolute Gasteiger partial charge is 0.508 e. The number of phenolic OH excluding ortho intramolecular Hbond substituents is 2. The third-order valence-corrected chi connectivity index (χ3v) is 4.45. The van der Waals surface area contributed by atoms with E-state index in [1.54, 1.807) is 32.4 Å². The van der Waals surface area contributed by atoms with Crippen molar-refractivity contribution >= 4 is 16.7 Å². The summed E-state index contributed by atoms with van der Waals surface area (Å²) in [5.74, 6) is 0.568. The molecule has 0 saturated carbocycles. The summed E-state index contributed by atoms with van der Waals surface area (Å²) in [6, 6.07) is 7.65. The van der Waals surface area contributed by atoms with Crippen molar-refractivity contribution < 1.29 is 19.7 Å². The first-order valence-corrected chi connectivity index (χ1v) is 7.97. The van der Waals surface area contributed by atoms with Crippen LogP contribution >= 0.6 is 0 Å². The van der Waals surface area contributed by atoms with E-state index in [0.717, 1.165) is 0 Å². The van der Waals surface area contributed by atoms with Crippen LogP contribution in [0.15, 0.2) is 41.3 Å². The van der Waals surface area contributed by atoms with Crippen LogP contribution in [0.4, 0.5) is 0 Å². The number of likely N-dealkylation sites (N-methyl/N-ethyl adjacent to an activating group) is 1. The van der Waals surface area contributed by atoms with Gasteiger partial charge in [0, 0.05) is 36.8 Å². The third kappa shape index (κ3) is 2.28. The second-order valence-corrected chi connectivity index (χ2v) is 6.38. The van der Waals surface area contributed by atoms with Crippen LogP contribution in [-0.4, -0.2) is 39.7 Å². The van der Waals surface area contributed by atoms with Gasteiger partial charge in [0.15, 0.2) is 0 Å². The van der Waals surface area contributed by atoms with E-state index in [0.29, 0.717) is 28.0 Å². The summed E-state index contributed by atoms with van der Waals surface area (Å²) in [5, 5.41) is 20.7. The van der Waals surface area contributed by atoms with Gasteiger partial charge in [0.05, 0.1) is 5.39 Å². The number of hydrogen-bond donors (Lipinski definition) is 2. The molecule has 1 aliphatic rings. The minimum atomic E-state index is -0.481. The zero-order chi connectivity index (χ0) is 18.6. The summed E-state index contributed by atoms with van der Waals surface area (Å²) in [6.45, 7) is -0.159. The van der Waals surface area contributed by atoms with Crippen molar-refractivity contribution in [3.05, 3.63) is 46.9 Å². The molecule has 1 aliphatic heterocycles. The normalized spacial score (nSPS) is 11.8. The molecule has 0 atom stereocenters. The number of carbonyl (C=O) groups is 1. The molecule has 1 amide bonds. The van der Waals surface area contributed by atoms with Gasteiger partial charge in [-0.05, 0) is 30.3 Å². The number of hydrogen-bond acceptors (Lipinski definition) is 5. The van der Waals surface area contributed by atoms with Gasteiger partial charge >= 0.3 is 0 Å². The standard InChI is InChI=1S/C19H16N2O5/c1-20(2)16(24)9-21-8-12-11-7-10(22)3-5-14(11)26-15-6-4-13(23)18(17(12)15)19(21)25/h3-8,22-23H,9H2,1-2H3. The van der Waals surface area contributed by atoms with Gasteiger partial charge in [-0.25, -0.2) is 0 Å². The van der Waals surface area contributed by atoms with Crippen LogP contribution < -0.4 is 10.3 Å². The van der Waals surface area contributed by atoms with Crippen molar-refractivity contribution in [3.63, 3.8) is 0 Å². The Morgan fingerprint density at radius 2 is 1.81 bits per heavy atom. The van der Waals surface area contributed by atoms with Gasteiger partial charge in [0.1, 0.15) is 29.5 Å². The Balaban J connectivity index is 2.08. The average molecular weight is 352 g/mol. The SMILES string of the molecule is CN(C)C(=O)Cn1cc2c3c(ccc(O)c3c1=O)Oc1ccc(O)cc1-2. The van der Waals surface area contributed by atoms with E-state index < -0.39 is 5.56 Å². The van der Waals surface area contributed by atoms with Crippen LogP contribution in [0.5, 0.6) is 23.0 Å². The zero-order valence-corrected chi connectivity index (χ0v) is 14.2. The number of benzene rings is 2. The zero-order valence-electron chi connectivity index (χ0n) is 14.2. The third-order valence-electron chi connectivity index (χ3n) is 4.45. The van der Waals surface area contributed by atoms with Gasteiger partial charge < -0.3 is 24.4 Å². The van der Waals surface area contributed by atoms with E-state index in [1.165, 1.54) is 27.7 Å². The Hall–Kier alpha value is -3.48. The minimum Gasteiger partial charge on any atom is -0.508 e. The molecule has 0 unspecified atom stereocenters. The highest BCUT2D eigenvalue weighted by atomic mass is 16.5. The molecule has 0 saturated heterocycles. The second-order valence-electron chi connectivity index (χ2n) is 6.38. The number of fused-ring (bicyclic) bond motifs is 2. The van der Waals surface area contributed by atoms with E-state index in [-0.39, 0.29) is 29.3 Å². The highest BCUT2D eigenvalue weighted by Gasteiger charge is 2.25. The summed E-state index contributed by atoms with van der Waals surface area (Å²) in [6.07, 6.45) is 1.57. The highest BCUT2D eigenvalue weighted by Crippen LogP contribution is 2.48. The number of carbonyl (C=O) groups excluding carboxylic acids is 1. The lowest BCUT2D eigenvalue weighted by molar-refractivity contribution is -0.129. The predicted octanol–water partition coefficient (Wildman–Crippen LogP) is 2.27. The monoisotopic (exact) mass is 352 g/mol. The van der Waals surface area contributed by atoms with Gasteiger partial charge in [0.25, 0.3) is 5.56 Å². The van der Waals surface area contributed by atoms with Gasteiger partial charge in [-0.3, -0.25) is 9.59 Å². The molecular formula is C19H16N2O5. The molecule has 0 bridgehead atoms. The number of nitrogens with zero attached hydrogens (tertiary/aromatic N) is 2. The molecule has 132 valence electrons. The predicted molar refractivity (Wildman–Crippen MR) is 95.7 cm³/mol. The van der Waals surface area contributed by atoms with Crippen LogP contribution in [0.1, 0.15) is 0 Å². The van der Waals surface area contributed by atoms with E-state index in [4.69, 9.17) is 4.74 Å². The van der Waals surface area contributed by atoms with Crippen LogP contribution in [0.3, 0.4) is 0 Å². The van der Waals surface area contributed by atoms with Crippen molar-refractivity contribution in [2.24, 2.45) is 0 Å². The first-order valence-electron chi connectivity index (χ1n) is 7.97. The Labute approximate surface area is 148 Å². The maximum Gasteiger partial charge on any atom is 0.262 e. The lowest BCUT2D eigenvalue weighted by atomic mass is 9.96. The number of aromatic nitrogens is 1. The van der Waals surface area contributed by atoms with Crippen LogP contribution in [0, 0.1) is 0 Å². The molecule has 2 aromatic carbocycles. The van der Waals surface area contributed by atoms with Crippen molar-refractivity contribution in [2.45, 2.75) is 6.54 Å². The molecule has 0 aliphatic carbocycles. The summed E-state index contributed by atoms with van der Waals surface area (Å²) in [5.41, 5.74) is 0.707. The number of aromatic hydroxyl groups is 2. The molecule has 0 spiro atoms. The summed E-state index contributed by atoms with van der Waals surface area (Å²) in [7, 11) is 3.21. The van der Waals surface area contributed by atoms with E-state index in [1.807, 2.05) is 0 Å². The van der Waals surface area contributed by atoms with Gasteiger partial charge in [0.2, 0.25) is 5.91 Å². The molecule has 2 heterocycles. The Morgan fingerprint density at radius 1 is 1.08 bits per heavy atom. The number of amides is 1. The summed E-state index contributed by atoms with van der Waals surface area (Å²) >= 11 is 0. The first-order chi connectivity index (χ1) is 12.4. The van der Waals surface area contributed by atoms with E-state index >= 15 is 0 Å². The summed E-state index contributed by atoms with van der Waals surface area (Å²) < 4.78 is 7.09. The van der Waals surface area contributed by atoms with E-state index in [9.17, 15) is 19.8 Å². The van der Waals surface area contributed by atoms with Crippen molar-refractivity contribution in [2.75, 3.05) is 14.1 Å².